The van der Waals surface area contributed by atoms with Gasteiger partial charge < -0.3 is 5.32 Å². The zero-order chi connectivity index (χ0) is 12.2. The molecular weight excluding hydrogens is 200 g/mol. The van der Waals surface area contributed by atoms with Gasteiger partial charge in [0.15, 0.2) is 0 Å². The summed E-state index contributed by atoms with van der Waals surface area (Å²) in [6.45, 7) is 12.9. The second-order valence-corrected chi connectivity index (χ2v) is 5.37. The van der Waals surface area contributed by atoms with Crippen LogP contribution in [0.25, 0.3) is 0 Å². The molecule has 0 aliphatic rings. The Bertz CT molecular complexity index is 315. The average Bonchev–Trinajstić information content (AvgIpc) is 2.61. The lowest BCUT2D eigenvalue weighted by atomic mass is 9.88. The standard InChI is InChI=1S/C12H24N4/c1-6-16-11(14-9-15-16)7-12(4,5)8-13-10(2)3/h9-10,13H,6-8H2,1-5H3. The van der Waals surface area contributed by atoms with Gasteiger partial charge in [-0.25, -0.2) is 4.98 Å². The predicted octanol–water partition coefficient (Wildman–Crippen LogP) is 1.86. The van der Waals surface area contributed by atoms with Crippen molar-refractivity contribution in [3.63, 3.8) is 0 Å². The average molecular weight is 224 g/mol. The lowest BCUT2D eigenvalue weighted by molar-refractivity contribution is 0.314. The van der Waals surface area contributed by atoms with Gasteiger partial charge in [0, 0.05) is 25.6 Å². The Morgan fingerprint density at radius 3 is 2.69 bits per heavy atom. The lowest BCUT2D eigenvalue weighted by Crippen LogP contribution is -2.35. The molecule has 1 aromatic heterocycles. The van der Waals surface area contributed by atoms with Crippen molar-refractivity contribution in [1.29, 1.82) is 0 Å². The van der Waals surface area contributed by atoms with Gasteiger partial charge in [-0.1, -0.05) is 27.7 Å². The van der Waals surface area contributed by atoms with Crippen molar-refractivity contribution in [2.45, 2.75) is 53.6 Å². The van der Waals surface area contributed by atoms with Gasteiger partial charge in [0.1, 0.15) is 12.2 Å². The molecule has 0 aliphatic carbocycles. The molecule has 92 valence electrons. The van der Waals surface area contributed by atoms with Crippen LogP contribution in [0, 0.1) is 5.41 Å². The Morgan fingerprint density at radius 1 is 1.44 bits per heavy atom. The van der Waals surface area contributed by atoms with E-state index in [4.69, 9.17) is 0 Å². The van der Waals surface area contributed by atoms with Gasteiger partial charge in [-0.15, -0.1) is 0 Å². The SMILES string of the molecule is CCn1ncnc1CC(C)(C)CNC(C)C. The Balaban J connectivity index is 2.57. The second kappa shape index (κ2) is 5.43. The molecule has 0 bridgehead atoms. The van der Waals surface area contributed by atoms with Crippen LogP contribution in [0.5, 0.6) is 0 Å². The summed E-state index contributed by atoms with van der Waals surface area (Å²) in [7, 11) is 0. The highest BCUT2D eigenvalue weighted by Crippen LogP contribution is 2.19. The molecular formula is C12H24N4. The first-order valence-corrected chi connectivity index (χ1v) is 6.04. The third-order valence-corrected chi connectivity index (χ3v) is 2.62. The van der Waals surface area contributed by atoms with E-state index in [0.717, 1.165) is 25.3 Å². The summed E-state index contributed by atoms with van der Waals surface area (Å²) < 4.78 is 1.97. The van der Waals surface area contributed by atoms with Crippen molar-refractivity contribution < 1.29 is 0 Å². The van der Waals surface area contributed by atoms with Crippen molar-refractivity contribution >= 4 is 0 Å². The zero-order valence-corrected chi connectivity index (χ0v) is 11.1. The maximum atomic E-state index is 4.32. The van der Waals surface area contributed by atoms with Crippen LogP contribution >= 0.6 is 0 Å². The van der Waals surface area contributed by atoms with E-state index < -0.39 is 0 Å². The number of hydrogen-bond acceptors (Lipinski definition) is 3. The molecule has 4 nitrogen and oxygen atoms in total. The minimum absolute atomic E-state index is 0.213. The van der Waals surface area contributed by atoms with E-state index in [9.17, 15) is 0 Å². The van der Waals surface area contributed by atoms with Crippen LogP contribution in [0.4, 0.5) is 0 Å². The van der Waals surface area contributed by atoms with E-state index in [1.54, 1.807) is 6.33 Å². The molecule has 0 radical (unpaired) electrons. The van der Waals surface area contributed by atoms with Gasteiger partial charge in [0.05, 0.1) is 0 Å². The smallest absolute Gasteiger partial charge is 0.138 e. The summed E-state index contributed by atoms with van der Waals surface area (Å²) in [4.78, 5) is 4.32. The normalized spacial score (nSPS) is 12.4. The van der Waals surface area contributed by atoms with Gasteiger partial charge in [-0.2, -0.15) is 5.10 Å². The van der Waals surface area contributed by atoms with E-state index in [-0.39, 0.29) is 5.41 Å². The third kappa shape index (κ3) is 3.93. The van der Waals surface area contributed by atoms with Crippen LogP contribution in [0.15, 0.2) is 6.33 Å². The quantitative estimate of drug-likeness (QED) is 0.802. The van der Waals surface area contributed by atoms with Crippen LogP contribution in [-0.4, -0.2) is 27.4 Å². The number of nitrogens with one attached hydrogen (secondary N) is 1. The molecule has 1 heterocycles. The van der Waals surface area contributed by atoms with Crippen LogP contribution in [0.3, 0.4) is 0 Å². The molecule has 0 unspecified atom stereocenters. The number of aryl methyl sites for hydroxylation is 1. The van der Waals surface area contributed by atoms with E-state index in [1.807, 2.05) is 4.68 Å². The molecule has 1 aromatic rings. The maximum absolute atomic E-state index is 4.32. The minimum Gasteiger partial charge on any atom is -0.314 e. The van der Waals surface area contributed by atoms with E-state index in [0.29, 0.717) is 6.04 Å². The van der Waals surface area contributed by atoms with Crippen molar-refractivity contribution in [1.82, 2.24) is 20.1 Å². The van der Waals surface area contributed by atoms with Gasteiger partial charge in [-0.05, 0) is 12.3 Å². The minimum atomic E-state index is 0.213. The van der Waals surface area contributed by atoms with Crippen LogP contribution < -0.4 is 5.32 Å². The summed E-state index contributed by atoms with van der Waals surface area (Å²) in [5.74, 6) is 1.08. The molecule has 0 aliphatic heterocycles. The number of nitrogens with zero attached hydrogens (tertiary/aromatic N) is 3. The topological polar surface area (TPSA) is 42.7 Å². The van der Waals surface area contributed by atoms with Crippen LogP contribution in [-0.2, 0) is 13.0 Å². The molecule has 0 saturated heterocycles. The van der Waals surface area contributed by atoms with Crippen molar-refractivity contribution in [3.05, 3.63) is 12.2 Å². The molecule has 16 heavy (non-hydrogen) atoms. The second-order valence-electron chi connectivity index (χ2n) is 5.37. The summed E-state index contributed by atoms with van der Waals surface area (Å²) in [6, 6.07) is 0.531. The highest BCUT2D eigenvalue weighted by molar-refractivity contribution is 4.91. The van der Waals surface area contributed by atoms with Crippen molar-refractivity contribution in [2.75, 3.05) is 6.54 Å². The molecule has 0 aromatic carbocycles. The number of hydrogen-bond donors (Lipinski definition) is 1. The van der Waals surface area contributed by atoms with Crippen molar-refractivity contribution in [2.24, 2.45) is 5.41 Å². The number of aromatic nitrogens is 3. The van der Waals surface area contributed by atoms with Gasteiger partial charge in [-0.3, -0.25) is 4.68 Å². The Labute approximate surface area is 98.5 Å². The van der Waals surface area contributed by atoms with Gasteiger partial charge in [0.25, 0.3) is 0 Å². The maximum Gasteiger partial charge on any atom is 0.138 e. The predicted molar refractivity (Wildman–Crippen MR) is 66.3 cm³/mol. The third-order valence-electron chi connectivity index (χ3n) is 2.62. The molecule has 1 rings (SSSR count). The molecule has 1 N–H and O–H groups in total. The van der Waals surface area contributed by atoms with E-state index in [2.05, 4.69) is 50.0 Å². The van der Waals surface area contributed by atoms with Crippen LogP contribution in [0.2, 0.25) is 0 Å². The van der Waals surface area contributed by atoms with E-state index in [1.165, 1.54) is 0 Å². The first-order valence-electron chi connectivity index (χ1n) is 6.04. The zero-order valence-electron chi connectivity index (χ0n) is 11.1. The fourth-order valence-electron chi connectivity index (χ4n) is 1.66. The van der Waals surface area contributed by atoms with Crippen LogP contribution in [0.1, 0.15) is 40.4 Å². The molecule has 0 amide bonds. The van der Waals surface area contributed by atoms with Gasteiger partial charge >= 0.3 is 0 Å². The summed E-state index contributed by atoms with van der Waals surface area (Å²) in [6.07, 6.45) is 2.60. The summed E-state index contributed by atoms with van der Waals surface area (Å²) in [5.41, 5.74) is 0.213. The Morgan fingerprint density at radius 2 is 2.12 bits per heavy atom. The van der Waals surface area contributed by atoms with Crippen molar-refractivity contribution in [3.8, 4) is 0 Å². The fraction of sp³-hybridized carbons (Fsp3) is 0.833. The summed E-state index contributed by atoms with van der Waals surface area (Å²) in [5, 5.41) is 7.68. The molecule has 0 atom stereocenters. The fourth-order valence-corrected chi connectivity index (χ4v) is 1.66. The monoisotopic (exact) mass is 224 g/mol. The first-order chi connectivity index (χ1) is 7.44. The van der Waals surface area contributed by atoms with E-state index >= 15 is 0 Å². The lowest BCUT2D eigenvalue weighted by Gasteiger charge is -2.26. The molecule has 0 saturated carbocycles. The Kier molecular flexibility index (Phi) is 4.47. The highest BCUT2D eigenvalue weighted by Gasteiger charge is 2.21. The molecule has 0 spiro atoms. The number of rotatable bonds is 6. The molecule has 4 heteroatoms. The highest BCUT2D eigenvalue weighted by atomic mass is 15.3. The first kappa shape index (κ1) is 13.2. The molecule has 0 fully saturated rings. The van der Waals surface area contributed by atoms with Gasteiger partial charge in [0.2, 0.25) is 0 Å². The Hall–Kier alpha value is -0.900. The largest absolute Gasteiger partial charge is 0.314 e. The summed E-state index contributed by atoms with van der Waals surface area (Å²) >= 11 is 0.